The van der Waals surface area contributed by atoms with E-state index in [1.54, 1.807) is 33.8 Å². The molecule has 1 aromatic rings. The first-order chi connectivity index (χ1) is 15.8. The topological polar surface area (TPSA) is 168 Å². The molecule has 1 unspecified atom stereocenters. The van der Waals surface area contributed by atoms with Gasteiger partial charge < -0.3 is 26.8 Å². The minimum absolute atomic E-state index is 0.0252. The lowest BCUT2D eigenvalue weighted by Gasteiger charge is -2.26. The third-order valence-corrected chi connectivity index (χ3v) is 5.32. The summed E-state index contributed by atoms with van der Waals surface area (Å²) in [6.07, 6.45) is -0.922. The monoisotopic (exact) mass is 480 g/mol. The van der Waals surface area contributed by atoms with Crippen LogP contribution in [0.25, 0.3) is 0 Å². The van der Waals surface area contributed by atoms with Crippen LogP contribution in [0.5, 0.6) is 0 Å². The van der Waals surface area contributed by atoms with Crippen LogP contribution in [0.1, 0.15) is 46.1 Å². The lowest BCUT2D eigenvalue weighted by atomic mass is 9.93. The van der Waals surface area contributed by atoms with Crippen molar-refractivity contribution in [2.75, 3.05) is 0 Å². The van der Waals surface area contributed by atoms with E-state index in [1.165, 1.54) is 18.2 Å². The quantitative estimate of drug-likeness (QED) is 0.265. The van der Waals surface area contributed by atoms with Gasteiger partial charge in [-0.3, -0.25) is 19.2 Å². The van der Waals surface area contributed by atoms with E-state index < -0.39 is 59.5 Å². The van der Waals surface area contributed by atoms with Crippen molar-refractivity contribution >= 4 is 29.6 Å². The van der Waals surface area contributed by atoms with Gasteiger partial charge in [-0.25, -0.2) is 9.18 Å². The molecule has 0 aliphatic rings. The van der Waals surface area contributed by atoms with Crippen molar-refractivity contribution in [2.45, 2.75) is 65.1 Å². The minimum Gasteiger partial charge on any atom is -0.465 e. The molecule has 0 bridgehead atoms. The SMILES string of the molecule is CC[C@H](C)C(NC(=O)[C@H](CC(C)C)NC(=O)O)C(=O)C(=O)N[C@@H](Cc1cccc(F)c1)C(N)=O. The Balaban J connectivity index is 3.02. The molecule has 0 spiro atoms. The van der Waals surface area contributed by atoms with Gasteiger partial charge in [0.15, 0.2) is 0 Å². The number of carbonyl (C=O) groups excluding carboxylic acids is 4. The Morgan fingerprint density at radius 3 is 2.18 bits per heavy atom. The molecule has 11 heteroatoms. The number of halogens is 1. The molecular formula is C23H33FN4O6. The van der Waals surface area contributed by atoms with Crippen LogP contribution in [0.15, 0.2) is 24.3 Å². The molecule has 4 amide bonds. The lowest BCUT2D eigenvalue weighted by molar-refractivity contribution is -0.142. The Kier molecular flexibility index (Phi) is 11.1. The first-order valence-corrected chi connectivity index (χ1v) is 11.0. The largest absolute Gasteiger partial charge is 0.465 e. The van der Waals surface area contributed by atoms with E-state index in [1.807, 2.05) is 0 Å². The lowest BCUT2D eigenvalue weighted by Crippen LogP contribution is -2.57. The van der Waals surface area contributed by atoms with Gasteiger partial charge in [0.05, 0.1) is 6.04 Å². The van der Waals surface area contributed by atoms with Gasteiger partial charge in [-0.15, -0.1) is 0 Å². The van der Waals surface area contributed by atoms with Gasteiger partial charge in [-0.05, 0) is 36.0 Å². The molecule has 1 aromatic carbocycles. The molecule has 34 heavy (non-hydrogen) atoms. The number of carboxylic acid groups (broad SMARTS) is 1. The molecule has 10 nitrogen and oxygen atoms in total. The molecule has 0 heterocycles. The van der Waals surface area contributed by atoms with E-state index in [0.717, 1.165) is 0 Å². The molecule has 0 radical (unpaired) electrons. The Labute approximate surface area is 197 Å². The highest BCUT2D eigenvalue weighted by Gasteiger charge is 2.34. The van der Waals surface area contributed by atoms with Gasteiger partial charge in [0, 0.05) is 6.42 Å². The maximum absolute atomic E-state index is 13.4. The molecule has 0 aliphatic carbocycles. The van der Waals surface area contributed by atoms with Gasteiger partial charge in [0.1, 0.15) is 17.9 Å². The van der Waals surface area contributed by atoms with Crippen LogP contribution in [0.3, 0.4) is 0 Å². The van der Waals surface area contributed by atoms with Gasteiger partial charge >= 0.3 is 6.09 Å². The van der Waals surface area contributed by atoms with Gasteiger partial charge in [-0.2, -0.15) is 0 Å². The summed E-state index contributed by atoms with van der Waals surface area (Å²) in [6.45, 7) is 7.01. The fraction of sp³-hybridized carbons (Fsp3) is 0.522. The smallest absolute Gasteiger partial charge is 0.405 e. The van der Waals surface area contributed by atoms with Crippen LogP contribution in [0.2, 0.25) is 0 Å². The van der Waals surface area contributed by atoms with E-state index in [-0.39, 0.29) is 18.8 Å². The second-order valence-corrected chi connectivity index (χ2v) is 8.63. The Morgan fingerprint density at radius 2 is 1.68 bits per heavy atom. The fourth-order valence-electron chi connectivity index (χ4n) is 3.30. The van der Waals surface area contributed by atoms with E-state index in [4.69, 9.17) is 10.8 Å². The second kappa shape index (κ2) is 13.3. The number of carbonyl (C=O) groups is 5. The maximum atomic E-state index is 13.4. The molecule has 0 aliphatic heterocycles. The van der Waals surface area contributed by atoms with Crippen molar-refractivity contribution in [1.29, 1.82) is 0 Å². The van der Waals surface area contributed by atoms with Crippen molar-refractivity contribution in [3.05, 3.63) is 35.6 Å². The maximum Gasteiger partial charge on any atom is 0.405 e. The number of nitrogens with one attached hydrogen (secondary N) is 3. The van der Waals surface area contributed by atoms with Gasteiger partial charge in [0.2, 0.25) is 17.6 Å². The van der Waals surface area contributed by atoms with Crippen LogP contribution in [-0.4, -0.2) is 52.8 Å². The first kappa shape index (κ1) is 28.5. The van der Waals surface area contributed by atoms with Crippen LogP contribution < -0.4 is 21.7 Å². The Hall–Kier alpha value is -3.50. The average molecular weight is 481 g/mol. The number of primary amides is 1. The number of benzene rings is 1. The zero-order valence-electron chi connectivity index (χ0n) is 19.8. The molecule has 6 N–H and O–H groups in total. The van der Waals surface area contributed by atoms with E-state index in [0.29, 0.717) is 12.0 Å². The zero-order chi connectivity index (χ0) is 26.0. The van der Waals surface area contributed by atoms with Crippen LogP contribution in [0, 0.1) is 17.7 Å². The van der Waals surface area contributed by atoms with Crippen molar-refractivity contribution in [3.8, 4) is 0 Å². The molecule has 0 saturated heterocycles. The highest BCUT2D eigenvalue weighted by molar-refractivity contribution is 6.38. The number of amides is 4. The number of hydrogen-bond acceptors (Lipinski definition) is 5. The molecule has 0 aromatic heterocycles. The third kappa shape index (κ3) is 9.16. The van der Waals surface area contributed by atoms with Crippen molar-refractivity contribution in [2.24, 2.45) is 17.6 Å². The van der Waals surface area contributed by atoms with Gasteiger partial charge in [0.25, 0.3) is 5.91 Å². The van der Waals surface area contributed by atoms with Crippen molar-refractivity contribution in [3.63, 3.8) is 0 Å². The Bertz CT molecular complexity index is 907. The molecule has 188 valence electrons. The van der Waals surface area contributed by atoms with Gasteiger partial charge in [-0.1, -0.05) is 46.2 Å². The van der Waals surface area contributed by atoms with Crippen LogP contribution >= 0.6 is 0 Å². The summed E-state index contributed by atoms with van der Waals surface area (Å²) in [6, 6.07) is 1.71. The molecule has 0 saturated carbocycles. The average Bonchev–Trinajstić information content (AvgIpc) is 2.74. The number of ketones is 1. The van der Waals surface area contributed by atoms with E-state index in [2.05, 4.69) is 16.0 Å². The van der Waals surface area contributed by atoms with E-state index in [9.17, 15) is 28.4 Å². The highest BCUT2D eigenvalue weighted by Crippen LogP contribution is 2.12. The highest BCUT2D eigenvalue weighted by atomic mass is 19.1. The number of hydrogen-bond donors (Lipinski definition) is 5. The number of nitrogens with two attached hydrogens (primary N) is 1. The predicted octanol–water partition coefficient (Wildman–Crippen LogP) is 1.12. The van der Waals surface area contributed by atoms with Crippen LogP contribution in [0.4, 0.5) is 9.18 Å². The molecule has 4 atom stereocenters. The van der Waals surface area contributed by atoms with Crippen LogP contribution in [-0.2, 0) is 25.6 Å². The first-order valence-electron chi connectivity index (χ1n) is 11.0. The molecule has 0 fully saturated rings. The summed E-state index contributed by atoms with van der Waals surface area (Å²) in [4.78, 5) is 61.3. The van der Waals surface area contributed by atoms with Crippen molar-refractivity contribution in [1.82, 2.24) is 16.0 Å². The summed E-state index contributed by atoms with van der Waals surface area (Å²) in [5.74, 6) is -4.84. The normalized spacial score (nSPS) is 14.4. The Morgan fingerprint density at radius 1 is 1.03 bits per heavy atom. The summed E-state index contributed by atoms with van der Waals surface area (Å²) < 4.78 is 13.4. The fourth-order valence-corrected chi connectivity index (χ4v) is 3.30. The summed E-state index contributed by atoms with van der Waals surface area (Å²) in [5, 5.41) is 15.9. The standard InChI is InChI=1S/C23H33FN4O6/c1-5-13(4)18(28-21(31)17(9-12(2)3)27-23(33)34)19(29)22(32)26-16(20(25)30)11-14-7-6-8-15(24)10-14/h6-8,10,12-13,16-18,27H,5,9,11H2,1-4H3,(H2,25,30)(H,26,32)(H,28,31)(H,33,34)/t13-,16-,17-,18?/m0/s1. The summed E-state index contributed by atoms with van der Waals surface area (Å²) >= 11 is 0. The molecular weight excluding hydrogens is 447 g/mol. The summed E-state index contributed by atoms with van der Waals surface area (Å²) in [7, 11) is 0. The predicted molar refractivity (Wildman–Crippen MR) is 122 cm³/mol. The number of rotatable bonds is 13. The second-order valence-electron chi connectivity index (χ2n) is 8.63. The van der Waals surface area contributed by atoms with E-state index >= 15 is 0 Å². The third-order valence-electron chi connectivity index (χ3n) is 5.32. The number of Topliss-reactive ketones (excluding diaryl/α,β-unsaturated/α-hetero) is 1. The zero-order valence-corrected chi connectivity index (χ0v) is 19.8. The minimum atomic E-state index is -1.40. The molecule has 1 rings (SSSR count). The van der Waals surface area contributed by atoms with Crippen molar-refractivity contribution < 1.29 is 33.5 Å². The summed E-state index contributed by atoms with van der Waals surface area (Å²) in [5.41, 5.74) is 5.74.